The monoisotopic (exact) mass is 307 g/mol. The van der Waals surface area contributed by atoms with Crippen molar-refractivity contribution < 1.29 is 9.53 Å². The Bertz CT molecular complexity index is 543. The summed E-state index contributed by atoms with van der Waals surface area (Å²) in [5, 5.41) is 3.14. The molecule has 6 heteroatoms. The van der Waals surface area contributed by atoms with Crippen molar-refractivity contribution in [3.8, 4) is 0 Å². The number of aryl methyl sites for hydroxylation is 1. The molecular weight excluding hydrogens is 286 g/mol. The van der Waals surface area contributed by atoms with E-state index in [9.17, 15) is 4.79 Å². The molecule has 21 heavy (non-hydrogen) atoms. The first-order valence-corrected chi connectivity index (χ1v) is 8.65. The number of thiazole rings is 1. The van der Waals surface area contributed by atoms with Crippen LogP contribution < -0.4 is 5.32 Å². The van der Waals surface area contributed by atoms with Gasteiger partial charge in [-0.1, -0.05) is 0 Å². The molecule has 4 rings (SSSR count). The summed E-state index contributed by atoms with van der Waals surface area (Å²) < 4.78 is 5.88. The van der Waals surface area contributed by atoms with Gasteiger partial charge in [0.15, 0.2) is 0 Å². The van der Waals surface area contributed by atoms with Crippen molar-refractivity contribution in [3.63, 3.8) is 0 Å². The van der Waals surface area contributed by atoms with Crippen LogP contribution in [0.5, 0.6) is 0 Å². The highest BCUT2D eigenvalue weighted by Crippen LogP contribution is 2.35. The van der Waals surface area contributed by atoms with Gasteiger partial charge in [0.25, 0.3) is 0 Å². The van der Waals surface area contributed by atoms with E-state index < -0.39 is 0 Å². The van der Waals surface area contributed by atoms with Crippen LogP contribution >= 0.6 is 11.3 Å². The van der Waals surface area contributed by atoms with E-state index in [4.69, 9.17) is 4.74 Å². The molecule has 2 saturated heterocycles. The van der Waals surface area contributed by atoms with E-state index in [0.29, 0.717) is 12.1 Å². The Morgan fingerprint density at radius 3 is 3.10 bits per heavy atom. The van der Waals surface area contributed by atoms with E-state index in [1.165, 1.54) is 4.88 Å². The lowest BCUT2D eigenvalue weighted by Crippen LogP contribution is -2.39. The molecule has 3 heterocycles. The SMILES string of the molecule is Cc1ncsc1CN1C[C@H](C(=O)NC2CC2)[C@H]2OCC[C@H]21. The predicted octanol–water partition coefficient (Wildman–Crippen LogP) is 1.32. The lowest BCUT2D eigenvalue weighted by atomic mass is 10.0. The van der Waals surface area contributed by atoms with E-state index in [-0.39, 0.29) is 17.9 Å². The lowest BCUT2D eigenvalue weighted by molar-refractivity contribution is -0.127. The van der Waals surface area contributed by atoms with Crippen molar-refractivity contribution in [2.24, 2.45) is 5.92 Å². The first-order chi connectivity index (χ1) is 10.2. The van der Waals surface area contributed by atoms with Gasteiger partial charge in [0.05, 0.1) is 23.2 Å². The molecular formula is C15H21N3O2S. The minimum Gasteiger partial charge on any atom is -0.376 e. The zero-order valence-corrected chi connectivity index (χ0v) is 13.1. The Morgan fingerprint density at radius 2 is 2.38 bits per heavy atom. The van der Waals surface area contributed by atoms with Crippen LogP contribution in [0.1, 0.15) is 29.8 Å². The maximum Gasteiger partial charge on any atom is 0.227 e. The molecule has 5 nitrogen and oxygen atoms in total. The van der Waals surface area contributed by atoms with Crippen molar-refractivity contribution in [1.29, 1.82) is 0 Å². The molecule has 3 fully saturated rings. The number of amides is 1. The maximum atomic E-state index is 12.4. The Kier molecular flexibility index (Phi) is 3.47. The first-order valence-electron chi connectivity index (χ1n) is 7.77. The summed E-state index contributed by atoms with van der Waals surface area (Å²) >= 11 is 1.71. The summed E-state index contributed by atoms with van der Waals surface area (Å²) in [5.41, 5.74) is 3.02. The lowest BCUT2D eigenvalue weighted by Gasteiger charge is -2.21. The Hall–Kier alpha value is -0.980. The van der Waals surface area contributed by atoms with E-state index in [0.717, 1.165) is 44.7 Å². The number of likely N-dealkylation sites (tertiary alicyclic amines) is 1. The molecule has 1 amide bonds. The van der Waals surface area contributed by atoms with Gasteiger partial charge in [0, 0.05) is 36.7 Å². The zero-order valence-electron chi connectivity index (χ0n) is 12.2. The molecule has 114 valence electrons. The van der Waals surface area contributed by atoms with Gasteiger partial charge < -0.3 is 10.1 Å². The second kappa shape index (κ2) is 5.34. The predicted molar refractivity (Wildman–Crippen MR) is 80.1 cm³/mol. The van der Waals surface area contributed by atoms with Crippen LogP contribution in [0.15, 0.2) is 5.51 Å². The second-order valence-corrected chi connectivity index (χ2v) is 7.31. The van der Waals surface area contributed by atoms with E-state index >= 15 is 0 Å². The summed E-state index contributed by atoms with van der Waals surface area (Å²) in [6.07, 6.45) is 3.39. The van der Waals surface area contributed by atoms with E-state index in [2.05, 4.69) is 22.1 Å². The summed E-state index contributed by atoms with van der Waals surface area (Å²) in [6.45, 7) is 4.54. The van der Waals surface area contributed by atoms with Crippen LogP contribution in [0.4, 0.5) is 0 Å². The van der Waals surface area contributed by atoms with Crippen LogP contribution in [0.25, 0.3) is 0 Å². The third-order valence-electron chi connectivity index (χ3n) is 4.85. The third kappa shape index (κ3) is 2.60. The Labute approximate surface area is 128 Å². The van der Waals surface area contributed by atoms with Crippen LogP contribution in [-0.2, 0) is 16.1 Å². The second-order valence-electron chi connectivity index (χ2n) is 6.37. The number of ether oxygens (including phenoxy) is 1. The molecule has 1 aromatic rings. The highest BCUT2D eigenvalue weighted by Gasteiger charge is 2.49. The number of carbonyl (C=O) groups is 1. The molecule has 0 aromatic carbocycles. The normalized spacial score (nSPS) is 32.3. The number of rotatable bonds is 4. The highest BCUT2D eigenvalue weighted by molar-refractivity contribution is 7.09. The minimum absolute atomic E-state index is 0.00803. The van der Waals surface area contributed by atoms with Gasteiger partial charge in [-0.15, -0.1) is 11.3 Å². The fraction of sp³-hybridized carbons (Fsp3) is 0.733. The molecule has 3 aliphatic rings. The van der Waals surface area contributed by atoms with Gasteiger partial charge in [0.1, 0.15) is 0 Å². The average molecular weight is 307 g/mol. The third-order valence-corrected chi connectivity index (χ3v) is 5.77. The van der Waals surface area contributed by atoms with Gasteiger partial charge >= 0.3 is 0 Å². The first kappa shape index (κ1) is 13.7. The molecule has 1 aromatic heterocycles. The summed E-state index contributed by atoms with van der Waals surface area (Å²) in [6, 6.07) is 0.816. The molecule has 1 N–H and O–H groups in total. The number of nitrogens with one attached hydrogen (secondary N) is 1. The molecule has 3 atom stereocenters. The Balaban J connectivity index is 1.47. The number of nitrogens with zero attached hydrogens (tertiary/aromatic N) is 2. The van der Waals surface area contributed by atoms with Crippen LogP contribution in [0, 0.1) is 12.8 Å². The van der Waals surface area contributed by atoms with Crippen molar-refractivity contribution in [1.82, 2.24) is 15.2 Å². The largest absolute Gasteiger partial charge is 0.376 e. The fourth-order valence-corrected chi connectivity index (χ4v) is 4.28. The number of fused-ring (bicyclic) bond motifs is 1. The quantitative estimate of drug-likeness (QED) is 0.911. The van der Waals surface area contributed by atoms with Crippen molar-refractivity contribution >= 4 is 17.2 Å². The number of aromatic nitrogens is 1. The number of hydrogen-bond donors (Lipinski definition) is 1. The van der Waals surface area contributed by atoms with Gasteiger partial charge in [-0.2, -0.15) is 0 Å². The molecule has 1 saturated carbocycles. The van der Waals surface area contributed by atoms with Gasteiger partial charge in [-0.25, -0.2) is 4.98 Å². The zero-order chi connectivity index (χ0) is 14.4. The average Bonchev–Trinajstić information content (AvgIpc) is 2.87. The van der Waals surface area contributed by atoms with Gasteiger partial charge in [-0.3, -0.25) is 9.69 Å². The van der Waals surface area contributed by atoms with Crippen LogP contribution in [0.3, 0.4) is 0 Å². The van der Waals surface area contributed by atoms with Crippen molar-refractivity contribution in [3.05, 3.63) is 16.1 Å². The number of carbonyl (C=O) groups excluding carboxylic acids is 1. The Morgan fingerprint density at radius 1 is 1.52 bits per heavy atom. The number of hydrogen-bond acceptors (Lipinski definition) is 5. The molecule has 2 aliphatic heterocycles. The molecule has 0 radical (unpaired) electrons. The molecule has 1 aliphatic carbocycles. The van der Waals surface area contributed by atoms with Crippen molar-refractivity contribution in [2.45, 2.75) is 50.9 Å². The summed E-state index contributed by atoms with van der Waals surface area (Å²) in [7, 11) is 0. The van der Waals surface area contributed by atoms with Crippen LogP contribution in [0.2, 0.25) is 0 Å². The summed E-state index contributed by atoms with van der Waals surface area (Å²) in [5.74, 6) is 0.184. The minimum atomic E-state index is -0.00803. The van der Waals surface area contributed by atoms with Crippen molar-refractivity contribution in [2.75, 3.05) is 13.2 Å². The molecule has 0 bridgehead atoms. The molecule has 0 unspecified atom stereocenters. The van der Waals surface area contributed by atoms with E-state index in [1.807, 2.05) is 5.51 Å². The van der Waals surface area contributed by atoms with E-state index in [1.54, 1.807) is 11.3 Å². The summed E-state index contributed by atoms with van der Waals surface area (Å²) in [4.78, 5) is 20.5. The smallest absolute Gasteiger partial charge is 0.227 e. The highest BCUT2D eigenvalue weighted by atomic mass is 32.1. The van der Waals surface area contributed by atoms with Gasteiger partial charge in [0.2, 0.25) is 5.91 Å². The fourth-order valence-electron chi connectivity index (χ4n) is 3.48. The topological polar surface area (TPSA) is 54.5 Å². The molecule has 0 spiro atoms. The van der Waals surface area contributed by atoms with Gasteiger partial charge in [-0.05, 0) is 26.2 Å². The maximum absolute atomic E-state index is 12.4. The standard InChI is InChI=1S/C15H21N3O2S/c1-9-13(21-8-16-9)7-18-6-11(14-12(18)4-5-20-14)15(19)17-10-2-3-10/h8,10-12,14H,2-7H2,1H3,(H,17,19)/t11-,12+,14+/m0/s1. The van der Waals surface area contributed by atoms with Crippen LogP contribution in [-0.4, -0.2) is 47.1 Å².